The maximum absolute atomic E-state index is 13.4. The maximum atomic E-state index is 13.4. The van der Waals surface area contributed by atoms with Crippen LogP contribution in [-0.4, -0.2) is 47.8 Å². The van der Waals surface area contributed by atoms with E-state index in [-0.39, 0.29) is 24.7 Å². The van der Waals surface area contributed by atoms with Crippen molar-refractivity contribution in [3.63, 3.8) is 0 Å². The number of aliphatic hydroxyl groups excluding tert-OH is 1. The number of hydrogen-bond acceptors (Lipinski definition) is 3. The van der Waals surface area contributed by atoms with Gasteiger partial charge in [0.25, 0.3) is 5.91 Å². The van der Waals surface area contributed by atoms with Crippen LogP contribution in [0.25, 0.3) is 0 Å². The molecular weight excluding hydrogens is 249 g/mol. The van der Waals surface area contributed by atoms with E-state index in [9.17, 15) is 9.18 Å². The SMILES string of the molecule is Cc1cc(F)cc(C(=O)N2CC(CO)OCC2C)c1. The average molecular weight is 267 g/mol. The molecule has 0 radical (unpaired) electrons. The maximum Gasteiger partial charge on any atom is 0.254 e. The van der Waals surface area contributed by atoms with Crippen LogP contribution in [-0.2, 0) is 4.74 Å². The Morgan fingerprint density at radius 2 is 2.26 bits per heavy atom. The monoisotopic (exact) mass is 267 g/mol. The van der Waals surface area contributed by atoms with Gasteiger partial charge in [-0.25, -0.2) is 4.39 Å². The molecule has 2 rings (SSSR count). The quantitative estimate of drug-likeness (QED) is 0.880. The first kappa shape index (κ1) is 14.0. The fourth-order valence-corrected chi connectivity index (χ4v) is 2.24. The summed E-state index contributed by atoms with van der Waals surface area (Å²) in [6.07, 6.45) is -0.366. The first-order valence-electron chi connectivity index (χ1n) is 6.32. The number of carbonyl (C=O) groups is 1. The van der Waals surface area contributed by atoms with Gasteiger partial charge in [0.2, 0.25) is 0 Å². The van der Waals surface area contributed by atoms with Crippen LogP contribution in [0.1, 0.15) is 22.8 Å². The average Bonchev–Trinajstić information content (AvgIpc) is 2.37. The molecule has 0 spiro atoms. The zero-order valence-electron chi connectivity index (χ0n) is 11.1. The molecule has 4 nitrogen and oxygen atoms in total. The molecule has 0 aromatic heterocycles. The molecule has 19 heavy (non-hydrogen) atoms. The zero-order chi connectivity index (χ0) is 14.0. The number of morpholine rings is 1. The predicted octanol–water partition coefficient (Wildman–Crippen LogP) is 1.36. The van der Waals surface area contributed by atoms with E-state index in [1.54, 1.807) is 17.9 Å². The van der Waals surface area contributed by atoms with Gasteiger partial charge in [-0.05, 0) is 37.6 Å². The lowest BCUT2D eigenvalue weighted by Gasteiger charge is -2.37. The fraction of sp³-hybridized carbons (Fsp3) is 0.500. The molecule has 1 fully saturated rings. The van der Waals surface area contributed by atoms with E-state index in [0.717, 1.165) is 0 Å². The number of amides is 1. The summed E-state index contributed by atoms with van der Waals surface area (Å²) in [6.45, 7) is 4.20. The Morgan fingerprint density at radius 3 is 2.89 bits per heavy atom. The Morgan fingerprint density at radius 1 is 1.53 bits per heavy atom. The van der Waals surface area contributed by atoms with Crippen molar-refractivity contribution >= 4 is 5.91 Å². The van der Waals surface area contributed by atoms with Gasteiger partial charge < -0.3 is 14.7 Å². The highest BCUT2D eigenvalue weighted by atomic mass is 19.1. The van der Waals surface area contributed by atoms with E-state index in [0.29, 0.717) is 24.3 Å². The molecule has 1 aliphatic heterocycles. The molecule has 0 aliphatic carbocycles. The van der Waals surface area contributed by atoms with Crippen molar-refractivity contribution in [2.24, 2.45) is 0 Å². The molecular formula is C14H18FNO3. The van der Waals surface area contributed by atoms with Crippen molar-refractivity contribution in [3.8, 4) is 0 Å². The highest BCUT2D eigenvalue weighted by molar-refractivity contribution is 5.94. The number of halogens is 1. The van der Waals surface area contributed by atoms with Crippen molar-refractivity contribution in [2.75, 3.05) is 19.8 Å². The topological polar surface area (TPSA) is 49.8 Å². The van der Waals surface area contributed by atoms with E-state index < -0.39 is 5.82 Å². The summed E-state index contributed by atoms with van der Waals surface area (Å²) in [4.78, 5) is 14.0. The largest absolute Gasteiger partial charge is 0.394 e. The highest BCUT2D eigenvalue weighted by Gasteiger charge is 2.30. The van der Waals surface area contributed by atoms with Gasteiger partial charge in [-0.1, -0.05) is 0 Å². The summed E-state index contributed by atoms with van der Waals surface area (Å²) in [5, 5.41) is 9.11. The third-order valence-electron chi connectivity index (χ3n) is 3.26. The minimum absolute atomic E-state index is 0.0844. The minimum Gasteiger partial charge on any atom is -0.394 e. The first-order valence-corrected chi connectivity index (χ1v) is 6.32. The number of rotatable bonds is 2. The molecule has 2 unspecified atom stereocenters. The van der Waals surface area contributed by atoms with Crippen LogP contribution in [0.2, 0.25) is 0 Å². The van der Waals surface area contributed by atoms with Gasteiger partial charge in [-0.3, -0.25) is 4.79 Å². The Balaban J connectivity index is 2.21. The molecule has 0 bridgehead atoms. The van der Waals surface area contributed by atoms with Crippen molar-refractivity contribution in [2.45, 2.75) is 26.0 Å². The zero-order valence-corrected chi connectivity index (χ0v) is 11.1. The van der Waals surface area contributed by atoms with E-state index in [4.69, 9.17) is 9.84 Å². The Bertz CT molecular complexity index is 458. The van der Waals surface area contributed by atoms with Gasteiger partial charge in [0.05, 0.1) is 25.4 Å². The Kier molecular flexibility index (Phi) is 4.17. The van der Waals surface area contributed by atoms with Gasteiger partial charge >= 0.3 is 0 Å². The van der Waals surface area contributed by atoms with Crippen LogP contribution in [0.4, 0.5) is 4.39 Å². The number of aliphatic hydroxyl groups is 1. The summed E-state index contributed by atoms with van der Waals surface area (Å²) in [5.74, 6) is -0.639. The third kappa shape index (κ3) is 3.11. The summed E-state index contributed by atoms with van der Waals surface area (Å²) in [6, 6.07) is 4.21. The molecule has 1 N–H and O–H groups in total. The Hall–Kier alpha value is -1.46. The predicted molar refractivity (Wildman–Crippen MR) is 68.5 cm³/mol. The second-order valence-corrected chi connectivity index (χ2v) is 4.96. The molecule has 1 saturated heterocycles. The normalized spacial score (nSPS) is 23.5. The first-order chi connectivity index (χ1) is 9.01. The van der Waals surface area contributed by atoms with E-state index in [1.807, 2.05) is 6.92 Å². The van der Waals surface area contributed by atoms with Crippen LogP contribution in [0.5, 0.6) is 0 Å². The number of aryl methyl sites for hydroxylation is 1. The molecule has 1 aliphatic rings. The van der Waals surface area contributed by atoms with Crippen LogP contribution < -0.4 is 0 Å². The molecule has 1 heterocycles. The molecule has 0 saturated carbocycles. The minimum atomic E-state index is -0.414. The number of nitrogens with zero attached hydrogens (tertiary/aromatic N) is 1. The van der Waals surface area contributed by atoms with E-state index >= 15 is 0 Å². The van der Waals surface area contributed by atoms with Crippen LogP contribution in [0.15, 0.2) is 18.2 Å². The molecule has 1 aromatic carbocycles. The molecule has 1 amide bonds. The van der Waals surface area contributed by atoms with Crippen molar-refractivity contribution in [3.05, 3.63) is 35.1 Å². The Labute approximate surface area is 111 Å². The number of benzene rings is 1. The van der Waals surface area contributed by atoms with Crippen LogP contribution in [0, 0.1) is 12.7 Å². The number of ether oxygens (including phenoxy) is 1. The summed E-state index contributed by atoms with van der Waals surface area (Å²) >= 11 is 0. The highest BCUT2D eigenvalue weighted by Crippen LogP contribution is 2.17. The van der Waals surface area contributed by atoms with Gasteiger partial charge in [-0.15, -0.1) is 0 Å². The standard InChI is InChI=1S/C14H18FNO3/c1-9-3-11(5-12(15)4-9)14(18)16-6-13(7-17)19-8-10(16)2/h3-5,10,13,17H,6-8H2,1-2H3. The van der Waals surface area contributed by atoms with Crippen LogP contribution in [0.3, 0.4) is 0 Å². The second kappa shape index (κ2) is 5.67. The van der Waals surface area contributed by atoms with Crippen molar-refractivity contribution < 1.29 is 19.0 Å². The summed E-state index contributed by atoms with van der Waals surface area (Å²) in [5.41, 5.74) is 1.05. The third-order valence-corrected chi connectivity index (χ3v) is 3.26. The number of carbonyl (C=O) groups excluding carboxylic acids is 1. The second-order valence-electron chi connectivity index (χ2n) is 4.96. The summed E-state index contributed by atoms with van der Waals surface area (Å²) < 4.78 is 18.7. The molecule has 2 atom stereocenters. The van der Waals surface area contributed by atoms with Gasteiger partial charge in [0.15, 0.2) is 0 Å². The smallest absolute Gasteiger partial charge is 0.254 e. The molecule has 5 heteroatoms. The van der Waals surface area contributed by atoms with Crippen molar-refractivity contribution in [1.29, 1.82) is 0 Å². The lowest BCUT2D eigenvalue weighted by molar-refractivity contribution is -0.0667. The lowest BCUT2D eigenvalue weighted by Crippen LogP contribution is -2.52. The van der Waals surface area contributed by atoms with Gasteiger partial charge in [0, 0.05) is 12.1 Å². The van der Waals surface area contributed by atoms with Gasteiger partial charge in [0.1, 0.15) is 5.82 Å². The van der Waals surface area contributed by atoms with E-state index in [2.05, 4.69) is 0 Å². The lowest BCUT2D eigenvalue weighted by atomic mass is 10.1. The van der Waals surface area contributed by atoms with Crippen LogP contribution >= 0.6 is 0 Å². The fourth-order valence-electron chi connectivity index (χ4n) is 2.24. The van der Waals surface area contributed by atoms with Gasteiger partial charge in [-0.2, -0.15) is 0 Å². The number of hydrogen-bond donors (Lipinski definition) is 1. The summed E-state index contributed by atoms with van der Waals surface area (Å²) in [7, 11) is 0. The molecule has 1 aromatic rings. The molecule has 104 valence electrons. The van der Waals surface area contributed by atoms with E-state index in [1.165, 1.54) is 12.1 Å². The van der Waals surface area contributed by atoms with Crippen molar-refractivity contribution in [1.82, 2.24) is 4.90 Å².